The molecule has 0 bridgehead atoms. The van der Waals surface area contributed by atoms with Crippen molar-refractivity contribution in [2.75, 3.05) is 14.2 Å². The molecule has 0 radical (unpaired) electrons. The fourth-order valence-electron chi connectivity index (χ4n) is 8.53. The molecule has 0 aliphatic heterocycles. The summed E-state index contributed by atoms with van der Waals surface area (Å²) in [6.07, 6.45) is 9.93. The predicted molar refractivity (Wildman–Crippen MR) is 230 cm³/mol. The maximum absolute atomic E-state index is 14.3. The Bertz CT molecular complexity index is 2120. The van der Waals surface area contributed by atoms with Crippen LogP contribution in [0.15, 0.2) is 59.3 Å². The fraction of sp³-hybridized carbons (Fsp3) is 0.348. The number of hydrogen-bond acceptors (Lipinski definition) is 8. The van der Waals surface area contributed by atoms with E-state index in [2.05, 4.69) is 87.0 Å². The number of hydrogen-bond donors (Lipinski definition) is 0. The van der Waals surface area contributed by atoms with Gasteiger partial charge in [0.2, 0.25) is 0 Å². The maximum Gasteiger partial charge on any atom is 0.339 e. The Morgan fingerprint density at radius 3 is 1.20 bits per heavy atom. The highest BCUT2D eigenvalue weighted by molar-refractivity contribution is 7.24. The van der Waals surface area contributed by atoms with Gasteiger partial charge in [-0.15, -0.1) is 45.3 Å². The first-order valence-corrected chi connectivity index (χ1v) is 22.6. The first-order valence-electron chi connectivity index (χ1n) is 19.2. The lowest BCUT2D eigenvalue weighted by atomic mass is 9.71. The van der Waals surface area contributed by atoms with E-state index in [0.717, 1.165) is 93.1 Å². The Morgan fingerprint density at radius 2 is 0.870 bits per heavy atom. The summed E-state index contributed by atoms with van der Waals surface area (Å²) in [6.45, 7) is 9.18. The molecule has 4 heterocycles. The number of fused-ring (bicyclic) bond motifs is 2. The Hall–Kier alpha value is -3.82. The van der Waals surface area contributed by atoms with Crippen molar-refractivity contribution in [1.29, 1.82) is 0 Å². The molecule has 1 aliphatic carbocycles. The molecule has 54 heavy (non-hydrogen) atoms. The zero-order chi connectivity index (χ0) is 37.9. The van der Waals surface area contributed by atoms with E-state index >= 15 is 0 Å². The van der Waals surface area contributed by atoms with Gasteiger partial charge in [-0.25, -0.2) is 9.59 Å². The standard InChI is InChI=1S/C46H48O4S4/c1-7-13-27-28(14-8-2)30(16-10-4)32-26-34-33(25-31(32)29(27)15-9-3)41(39-21-19-37(53-39)35-17-11-23-51-35)43(45(47)49-5)44(46(48)50-6)42(34)40-22-20-38(54-40)36-18-12-24-52-36/h11-12,17-24H,7-10,13-16,25-26H2,1-6H3. The van der Waals surface area contributed by atoms with E-state index in [1.807, 2.05) is 0 Å². The molecule has 0 saturated carbocycles. The molecule has 1 aliphatic rings. The van der Waals surface area contributed by atoms with Crippen LogP contribution in [0.2, 0.25) is 0 Å². The van der Waals surface area contributed by atoms with Gasteiger partial charge in [0.1, 0.15) is 0 Å². The third-order valence-corrected chi connectivity index (χ3v) is 15.0. The Kier molecular flexibility index (Phi) is 12.0. The second-order valence-corrected chi connectivity index (χ2v) is 18.0. The topological polar surface area (TPSA) is 52.6 Å². The van der Waals surface area contributed by atoms with Gasteiger partial charge >= 0.3 is 11.9 Å². The molecular formula is C46H48O4S4. The van der Waals surface area contributed by atoms with Crippen LogP contribution in [0.4, 0.5) is 0 Å². The third-order valence-electron chi connectivity index (χ3n) is 10.6. The van der Waals surface area contributed by atoms with Crippen molar-refractivity contribution in [3.63, 3.8) is 0 Å². The number of carbonyl (C=O) groups is 2. The lowest BCUT2D eigenvalue weighted by Crippen LogP contribution is -2.23. The van der Waals surface area contributed by atoms with Crippen molar-refractivity contribution >= 4 is 57.3 Å². The third kappa shape index (κ3) is 6.95. The van der Waals surface area contributed by atoms with Crippen LogP contribution in [0.3, 0.4) is 0 Å². The molecule has 7 rings (SSSR count). The number of rotatable bonds is 14. The van der Waals surface area contributed by atoms with E-state index in [9.17, 15) is 9.59 Å². The Labute approximate surface area is 335 Å². The molecule has 2 aromatic carbocycles. The van der Waals surface area contributed by atoms with Crippen molar-refractivity contribution in [1.82, 2.24) is 0 Å². The van der Waals surface area contributed by atoms with Crippen LogP contribution in [-0.4, -0.2) is 26.2 Å². The molecule has 0 unspecified atom stereocenters. The highest BCUT2D eigenvalue weighted by Gasteiger charge is 2.38. The van der Waals surface area contributed by atoms with Gasteiger partial charge in [-0.3, -0.25) is 0 Å². The number of benzene rings is 2. The van der Waals surface area contributed by atoms with Crippen LogP contribution in [0, 0.1) is 0 Å². The van der Waals surface area contributed by atoms with Crippen molar-refractivity contribution in [2.24, 2.45) is 0 Å². The molecular weight excluding hydrogens is 745 g/mol. The number of ether oxygens (including phenoxy) is 2. The average molecular weight is 793 g/mol. The van der Waals surface area contributed by atoms with E-state index in [4.69, 9.17) is 9.47 Å². The molecule has 6 aromatic rings. The first-order chi connectivity index (χ1) is 26.4. The van der Waals surface area contributed by atoms with E-state index < -0.39 is 11.9 Å². The zero-order valence-corrected chi connectivity index (χ0v) is 35.4. The SMILES string of the molecule is CCCc1c(CCC)c(CCC)c2c(c1CCC)Cc1c(c(-c3ccc(-c4cccs4)s3)c(C(=O)OC)c(C(=O)OC)c1-c1ccc(-c3cccs3)s1)C2. The van der Waals surface area contributed by atoms with Gasteiger partial charge in [-0.2, -0.15) is 0 Å². The predicted octanol–water partition coefficient (Wildman–Crippen LogP) is 13.5. The summed E-state index contributed by atoms with van der Waals surface area (Å²) in [5, 5.41) is 4.18. The van der Waals surface area contributed by atoms with Gasteiger partial charge < -0.3 is 9.47 Å². The molecule has 0 N–H and O–H groups in total. The van der Waals surface area contributed by atoms with E-state index in [1.165, 1.54) is 46.2 Å². The normalized spacial score (nSPS) is 12.1. The van der Waals surface area contributed by atoms with Crippen LogP contribution in [0.25, 0.3) is 40.4 Å². The second kappa shape index (κ2) is 16.9. The molecule has 0 amide bonds. The van der Waals surface area contributed by atoms with Gasteiger partial charge in [0.05, 0.1) is 25.3 Å². The zero-order valence-electron chi connectivity index (χ0n) is 32.1. The Balaban J connectivity index is 1.62. The van der Waals surface area contributed by atoms with Gasteiger partial charge in [0.25, 0.3) is 0 Å². The summed E-state index contributed by atoms with van der Waals surface area (Å²) in [6, 6.07) is 16.9. The summed E-state index contributed by atoms with van der Waals surface area (Å²) in [5.74, 6) is -1.04. The molecule has 0 atom stereocenters. The second-order valence-electron chi connectivity index (χ2n) is 13.9. The van der Waals surface area contributed by atoms with Crippen molar-refractivity contribution < 1.29 is 19.1 Å². The highest BCUT2D eigenvalue weighted by atomic mass is 32.1. The smallest absolute Gasteiger partial charge is 0.339 e. The molecule has 0 fully saturated rings. The number of thiophene rings is 4. The van der Waals surface area contributed by atoms with E-state index in [1.54, 1.807) is 56.5 Å². The van der Waals surface area contributed by atoms with Crippen LogP contribution in [0.1, 0.15) is 119 Å². The molecule has 4 nitrogen and oxygen atoms in total. The van der Waals surface area contributed by atoms with Gasteiger partial charge in [0, 0.05) is 40.4 Å². The van der Waals surface area contributed by atoms with E-state index in [-0.39, 0.29) is 0 Å². The minimum atomic E-state index is -0.522. The quantitative estimate of drug-likeness (QED) is 0.103. The molecule has 0 saturated heterocycles. The van der Waals surface area contributed by atoms with Crippen molar-refractivity contribution in [2.45, 2.75) is 91.9 Å². The van der Waals surface area contributed by atoms with Crippen LogP contribution in [-0.2, 0) is 48.0 Å². The molecule has 4 aromatic heterocycles. The molecule has 8 heteroatoms. The van der Waals surface area contributed by atoms with Crippen LogP contribution < -0.4 is 0 Å². The average Bonchev–Trinajstić information content (AvgIpc) is 4.03. The minimum absolute atomic E-state index is 0.300. The monoisotopic (exact) mass is 792 g/mol. The van der Waals surface area contributed by atoms with Gasteiger partial charge in [-0.05, 0) is 130 Å². The van der Waals surface area contributed by atoms with Crippen LogP contribution in [0.5, 0.6) is 0 Å². The largest absolute Gasteiger partial charge is 0.465 e. The van der Waals surface area contributed by atoms with Crippen molar-refractivity contribution in [3.8, 4) is 40.4 Å². The summed E-state index contributed by atoms with van der Waals surface area (Å²) < 4.78 is 11.2. The molecule has 280 valence electrons. The van der Waals surface area contributed by atoms with Crippen LogP contribution >= 0.6 is 45.3 Å². The maximum atomic E-state index is 14.3. The fourth-order valence-corrected chi connectivity index (χ4v) is 12.4. The van der Waals surface area contributed by atoms with Crippen molar-refractivity contribution in [3.05, 3.63) is 115 Å². The summed E-state index contributed by atoms with van der Waals surface area (Å²) in [4.78, 5) is 35.2. The summed E-state index contributed by atoms with van der Waals surface area (Å²) in [7, 11) is 2.82. The van der Waals surface area contributed by atoms with E-state index in [0.29, 0.717) is 24.0 Å². The number of carbonyl (C=O) groups excluding carboxylic acids is 2. The summed E-state index contributed by atoms with van der Waals surface area (Å²) >= 11 is 6.75. The molecule has 0 spiro atoms. The lowest BCUT2D eigenvalue weighted by Gasteiger charge is -2.34. The van der Waals surface area contributed by atoms with Gasteiger partial charge in [0.15, 0.2) is 0 Å². The first kappa shape index (κ1) is 38.5. The Morgan fingerprint density at radius 1 is 0.500 bits per heavy atom. The van der Waals surface area contributed by atoms with Gasteiger partial charge in [-0.1, -0.05) is 65.5 Å². The minimum Gasteiger partial charge on any atom is -0.465 e. The number of esters is 2. The lowest BCUT2D eigenvalue weighted by molar-refractivity contribution is 0.0556. The summed E-state index contributed by atoms with van der Waals surface area (Å²) in [5.41, 5.74) is 13.5. The highest BCUT2D eigenvalue weighted by Crippen LogP contribution is 2.51. The number of methoxy groups -OCH3 is 2.